The number of rotatable bonds is 3. The molecule has 2 aromatic rings. The van der Waals surface area contributed by atoms with Crippen LogP contribution < -0.4 is 5.73 Å². The van der Waals surface area contributed by atoms with Gasteiger partial charge in [0.25, 0.3) is 0 Å². The van der Waals surface area contributed by atoms with Crippen LogP contribution in [-0.2, 0) is 12.0 Å². The smallest absolute Gasteiger partial charge is 0.0422 e. The fraction of sp³-hybridized carbons (Fsp3) is 0.214. The van der Waals surface area contributed by atoms with Crippen LogP contribution in [0, 0.1) is 0 Å². The Bertz CT molecular complexity index is 477. The van der Waals surface area contributed by atoms with Gasteiger partial charge in [-0.3, -0.25) is 4.98 Å². The van der Waals surface area contributed by atoms with Gasteiger partial charge in [0, 0.05) is 23.0 Å². The molecule has 2 N–H and O–H groups in total. The molecule has 0 amide bonds. The molecule has 1 atom stereocenters. The standard InChI is InChI=1S/C14H15ClN2/c1-14(16,9-11-3-2-8-17-10-11)12-4-6-13(15)7-5-12/h2-8,10H,9,16H2,1H3. The molecule has 0 bridgehead atoms. The zero-order chi connectivity index (χ0) is 12.3. The largest absolute Gasteiger partial charge is 0.321 e. The molecule has 17 heavy (non-hydrogen) atoms. The van der Waals surface area contributed by atoms with E-state index in [9.17, 15) is 0 Å². The first-order valence-electron chi connectivity index (χ1n) is 5.52. The maximum Gasteiger partial charge on any atom is 0.0422 e. The van der Waals surface area contributed by atoms with Crippen LogP contribution in [0.5, 0.6) is 0 Å². The third-order valence-electron chi connectivity index (χ3n) is 2.80. The number of nitrogens with zero attached hydrogens (tertiary/aromatic N) is 1. The van der Waals surface area contributed by atoms with E-state index in [2.05, 4.69) is 4.98 Å². The molecule has 0 radical (unpaired) electrons. The maximum absolute atomic E-state index is 6.35. The van der Waals surface area contributed by atoms with Crippen LogP contribution in [-0.4, -0.2) is 4.98 Å². The lowest BCUT2D eigenvalue weighted by atomic mass is 9.87. The molecule has 0 aliphatic carbocycles. The van der Waals surface area contributed by atoms with Crippen molar-refractivity contribution < 1.29 is 0 Å². The molecule has 3 heteroatoms. The topological polar surface area (TPSA) is 38.9 Å². The number of halogens is 1. The first-order chi connectivity index (χ1) is 8.08. The summed E-state index contributed by atoms with van der Waals surface area (Å²) in [5.74, 6) is 0. The molecule has 0 spiro atoms. The highest BCUT2D eigenvalue weighted by Crippen LogP contribution is 2.23. The van der Waals surface area contributed by atoms with E-state index in [-0.39, 0.29) is 0 Å². The van der Waals surface area contributed by atoms with Crippen molar-refractivity contribution in [1.82, 2.24) is 4.98 Å². The van der Waals surface area contributed by atoms with Gasteiger partial charge in [0.2, 0.25) is 0 Å². The van der Waals surface area contributed by atoms with Crippen LogP contribution >= 0.6 is 11.6 Å². The Hall–Kier alpha value is -1.38. The summed E-state index contributed by atoms with van der Waals surface area (Å²) in [6, 6.07) is 11.6. The molecule has 0 saturated heterocycles. The average Bonchev–Trinajstić information content (AvgIpc) is 2.30. The van der Waals surface area contributed by atoms with E-state index < -0.39 is 5.54 Å². The van der Waals surface area contributed by atoms with Gasteiger partial charge in [0.15, 0.2) is 0 Å². The predicted octanol–water partition coefficient (Wildman–Crippen LogP) is 3.15. The zero-order valence-electron chi connectivity index (χ0n) is 9.73. The molecule has 1 aromatic carbocycles. The first-order valence-corrected chi connectivity index (χ1v) is 5.89. The minimum absolute atomic E-state index is 0.409. The summed E-state index contributed by atoms with van der Waals surface area (Å²) in [6.07, 6.45) is 4.36. The highest BCUT2D eigenvalue weighted by atomic mass is 35.5. The number of aromatic nitrogens is 1. The number of benzene rings is 1. The first kappa shape index (κ1) is 12.1. The fourth-order valence-electron chi connectivity index (χ4n) is 1.86. The SMILES string of the molecule is CC(N)(Cc1cccnc1)c1ccc(Cl)cc1. The highest BCUT2D eigenvalue weighted by Gasteiger charge is 2.21. The van der Waals surface area contributed by atoms with E-state index in [1.54, 1.807) is 6.20 Å². The lowest BCUT2D eigenvalue weighted by Gasteiger charge is -2.25. The van der Waals surface area contributed by atoms with Crippen LogP contribution in [0.1, 0.15) is 18.1 Å². The van der Waals surface area contributed by atoms with Crippen molar-refractivity contribution >= 4 is 11.6 Å². The van der Waals surface area contributed by atoms with Gasteiger partial charge in [0.05, 0.1) is 0 Å². The van der Waals surface area contributed by atoms with E-state index in [1.165, 1.54) is 0 Å². The molecule has 0 saturated carbocycles. The van der Waals surface area contributed by atoms with Crippen molar-refractivity contribution in [1.29, 1.82) is 0 Å². The Labute approximate surface area is 106 Å². The predicted molar refractivity (Wildman–Crippen MR) is 70.9 cm³/mol. The number of pyridine rings is 1. The summed E-state index contributed by atoms with van der Waals surface area (Å²) < 4.78 is 0. The Balaban J connectivity index is 2.21. The van der Waals surface area contributed by atoms with Gasteiger partial charge in [-0.05, 0) is 42.7 Å². The van der Waals surface area contributed by atoms with Gasteiger partial charge in [0.1, 0.15) is 0 Å². The summed E-state index contributed by atoms with van der Waals surface area (Å²) in [5, 5.41) is 0.728. The maximum atomic E-state index is 6.35. The Morgan fingerprint density at radius 1 is 1.24 bits per heavy atom. The van der Waals surface area contributed by atoms with Crippen LogP contribution in [0.3, 0.4) is 0 Å². The van der Waals surface area contributed by atoms with Crippen molar-refractivity contribution in [3.05, 3.63) is 64.9 Å². The second kappa shape index (κ2) is 4.86. The molecule has 2 rings (SSSR count). The highest BCUT2D eigenvalue weighted by molar-refractivity contribution is 6.30. The number of hydrogen-bond acceptors (Lipinski definition) is 2. The summed E-state index contributed by atoms with van der Waals surface area (Å²) in [7, 11) is 0. The molecule has 0 fully saturated rings. The van der Waals surface area contributed by atoms with E-state index in [4.69, 9.17) is 17.3 Å². The monoisotopic (exact) mass is 246 g/mol. The molecule has 0 aliphatic heterocycles. The normalized spacial score (nSPS) is 14.3. The lowest BCUT2D eigenvalue weighted by molar-refractivity contribution is 0.491. The third kappa shape index (κ3) is 3.05. The molecule has 88 valence electrons. The van der Waals surface area contributed by atoms with Crippen molar-refractivity contribution in [2.45, 2.75) is 18.9 Å². The lowest BCUT2D eigenvalue weighted by Crippen LogP contribution is -2.35. The number of nitrogens with two attached hydrogens (primary N) is 1. The molecular weight excluding hydrogens is 232 g/mol. The van der Waals surface area contributed by atoms with E-state index >= 15 is 0 Å². The van der Waals surface area contributed by atoms with Crippen LogP contribution in [0.25, 0.3) is 0 Å². The van der Waals surface area contributed by atoms with Crippen LogP contribution in [0.4, 0.5) is 0 Å². The van der Waals surface area contributed by atoms with Crippen molar-refractivity contribution in [2.24, 2.45) is 5.73 Å². The van der Waals surface area contributed by atoms with Gasteiger partial charge in [-0.2, -0.15) is 0 Å². The average molecular weight is 247 g/mol. The van der Waals surface area contributed by atoms with Gasteiger partial charge in [-0.1, -0.05) is 29.8 Å². The van der Waals surface area contributed by atoms with Gasteiger partial charge in [-0.15, -0.1) is 0 Å². The zero-order valence-corrected chi connectivity index (χ0v) is 10.5. The summed E-state index contributed by atoms with van der Waals surface area (Å²) >= 11 is 5.87. The molecule has 1 heterocycles. The minimum atomic E-state index is -0.409. The van der Waals surface area contributed by atoms with Crippen LogP contribution in [0.15, 0.2) is 48.8 Å². The Morgan fingerprint density at radius 3 is 2.53 bits per heavy atom. The van der Waals surface area contributed by atoms with Crippen LogP contribution in [0.2, 0.25) is 5.02 Å². The number of hydrogen-bond donors (Lipinski definition) is 1. The second-order valence-corrected chi connectivity index (χ2v) is 4.90. The van der Waals surface area contributed by atoms with E-state index in [1.807, 2.05) is 49.5 Å². The van der Waals surface area contributed by atoms with Crippen molar-refractivity contribution in [3.8, 4) is 0 Å². The molecule has 1 aromatic heterocycles. The quantitative estimate of drug-likeness (QED) is 0.904. The summed E-state index contributed by atoms with van der Waals surface area (Å²) in [5.41, 5.74) is 8.15. The molecule has 1 unspecified atom stereocenters. The second-order valence-electron chi connectivity index (χ2n) is 4.46. The summed E-state index contributed by atoms with van der Waals surface area (Å²) in [6.45, 7) is 2.02. The van der Waals surface area contributed by atoms with Crippen molar-refractivity contribution in [3.63, 3.8) is 0 Å². The summed E-state index contributed by atoms with van der Waals surface area (Å²) in [4.78, 5) is 4.10. The van der Waals surface area contributed by atoms with E-state index in [0.717, 1.165) is 22.6 Å². The molecule has 2 nitrogen and oxygen atoms in total. The van der Waals surface area contributed by atoms with Gasteiger partial charge >= 0.3 is 0 Å². The third-order valence-corrected chi connectivity index (χ3v) is 3.05. The molecular formula is C14H15ClN2. The van der Waals surface area contributed by atoms with Gasteiger partial charge in [-0.25, -0.2) is 0 Å². The van der Waals surface area contributed by atoms with E-state index in [0.29, 0.717) is 0 Å². The Morgan fingerprint density at radius 2 is 1.94 bits per heavy atom. The fourth-order valence-corrected chi connectivity index (χ4v) is 1.99. The van der Waals surface area contributed by atoms with Crippen molar-refractivity contribution in [2.75, 3.05) is 0 Å². The molecule has 0 aliphatic rings. The Kier molecular flexibility index (Phi) is 3.46. The minimum Gasteiger partial charge on any atom is -0.321 e. The van der Waals surface area contributed by atoms with Gasteiger partial charge < -0.3 is 5.73 Å².